The Balaban J connectivity index is 1.98. The van der Waals surface area contributed by atoms with Gasteiger partial charge in [-0.25, -0.2) is 9.97 Å². The van der Waals surface area contributed by atoms with Gasteiger partial charge in [-0.05, 0) is 6.54 Å². The van der Waals surface area contributed by atoms with Crippen molar-refractivity contribution < 1.29 is 0 Å². The van der Waals surface area contributed by atoms with E-state index in [2.05, 4.69) is 26.7 Å². The summed E-state index contributed by atoms with van der Waals surface area (Å²) in [5.41, 5.74) is 6.16. The van der Waals surface area contributed by atoms with Gasteiger partial charge in [0.2, 0.25) is 5.95 Å². The Morgan fingerprint density at radius 1 is 1.20 bits per heavy atom. The molecule has 82 valence electrons. The minimum atomic E-state index is 0.617. The number of anilines is 2. The summed E-state index contributed by atoms with van der Waals surface area (Å²) in [7, 11) is 0. The van der Waals surface area contributed by atoms with Crippen molar-refractivity contribution in [3.8, 4) is 0 Å². The van der Waals surface area contributed by atoms with Crippen molar-refractivity contribution >= 4 is 11.6 Å². The zero-order valence-electron chi connectivity index (χ0n) is 9.06. The molecule has 2 rings (SSSR count). The maximum absolute atomic E-state index is 5.55. The lowest BCUT2D eigenvalue weighted by atomic mass is 10.3. The highest BCUT2D eigenvalue weighted by Gasteiger charge is 2.17. The number of nitrogen functional groups attached to an aromatic ring is 1. The Labute approximate surface area is 89.9 Å². The van der Waals surface area contributed by atoms with E-state index in [-0.39, 0.29) is 0 Å². The molecule has 0 atom stereocenters. The van der Waals surface area contributed by atoms with E-state index in [0.29, 0.717) is 5.69 Å². The lowest BCUT2D eigenvalue weighted by Crippen LogP contribution is -2.46. The normalized spacial score (nSPS) is 18.1. The third-order valence-electron chi connectivity index (χ3n) is 2.76. The molecule has 1 aromatic rings. The number of hydrogen-bond donors (Lipinski definition) is 1. The Bertz CT molecular complexity index is 302. The standard InChI is InChI=1S/C10H17N5/c1-2-14-3-5-15(6-4-14)10-12-7-9(11)8-13-10/h7-8H,2-6,11H2,1H3. The van der Waals surface area contributed by atoms with Crippen molar-refractivity contribution in [1.29, 1.82) is 0 Å². The van der Waals surface area contributed by atoms with Gasteiger partial charge < -0.3 is 15.5 Å². The van der Waals surface area contributed by atoms with E-state index >= 15 is 0 Å². The Hall–Kier alpha value is -1.36. The van der Waals surface area contributed by atoms with Crippen LogP contribution in [0.4, 0.5) is 11.6 Å². The second-order valence-electron chi connectivity index (χ2n) is 3.74. The van der Waals surface area contributed by atoms with Gasteiger partial charge in [0, 0.05) is 26.2 Å². The van der Waals surface area contributed by atoms with Crippen LogP contribution >= 0.6 is 0 Å². The first-order valence-electron chi connectivity index (χ1n) is 5.34. The van der Waals surface area contributed by atoms with Gasteiger partial charge in [0.1, 0.15) is 0 Å². The van der Waals surface area contributed by atoms with Crippen molar-refractivity contribution in [2.75, 3.05) is 43.4 Å². The maximum Gasteiger partial charge on any atom is 0.225 e. The fraction of sp³-hybridized carbons (Fsp3) is 0.600. The molecule has 0 aliphatic carbocycles. The summed E-state index contributed by atoms with van der Waals surface area (Å²) < 4.78 is 0. The first-order chi connectivity index (χ1) is 7.29. The van der Waals surface area contributed by atoms with Crippen LogP contribution in [0.25, 0.3) is 0 Å². The first kappa shape index (κ1) is 10.2. The molecular weight excluding hydrogens is 190 g/mol. The van der Waals surface area contributed by atoms with Crippen LogP contribution in [0.3, 0.4) is 0 Å². The van der Waals surface area contributed by atoms with Crippen molar-refractivity contribution in [2.45, 2.75) is 6.92 Å². The minimum absolute atomic E-state index is 0.617. The van der Waals surface area contributed by atoms with Crippen LogP contribution in [-0.4, -0.2) is 47.6 Å². The molecule has 0 saturated carbocycles. The molecule has 0 amide bonds. The zero-order valence-corrected chi connectivity index (χ0v) is 9.06. The van der Waals surface area contributed by atoms with Crippen LogP contribution in [0.2, 0.25) is 0 Å². The average Bonchev–Trinajstić information content (AvgIpc) is 2.30. The molecule has 15 heavy (non-hydrogen) atoms. The highest BCUT2D eigenvalue weighted by Crippen LogP contribution is 2.10. The second kappa shape index (κ2) is 4.44. The van der Waals surface area contributed by atoms with Gasteiger partial charge in [0.05, 0.1) is 18.1 Å². The molecule has 5 nitrogen and oxygen atoms in total. The predicted octanol–water partition coefficient (Wildman–Crippen LogP) is 0.201. The predicted molar refractivity (Wildman–Crippen MR) is 60.8 cm³/mol. The van der Waals surface area contributed by atoms with E-state index in [1.54, 1.807) is 12.4 Å². The molecule has 2 heterocycles. The van der Waals surface area contributed by atoms with E-state index in [1.165, 1.54) is 0 Å². The molecule has 1 aromatic heterocycles. The van der Waals surface area contributed by atoms with E-state index in [4.69, 9.17) is 5.73 Å². The van der Waals surface area contributed by atoms with E-state index in [1.807, 2.05) is 0 Å². The van der Waals surface area contributed by atoms with E-state index in [0.717, 1.165) is 38.7 Å². The third-order valence-corrected chi connectivity index (χ3v) is 2.76. The Kier molecular flexibility index (Phi) is 3.01. The minimum Gasteiger partial charge on any atom is -0.396 e. The Morgan fingerprint density at radius 3 is 2.33 bits per heavy atom. The van der Waals surface area contributed by atoms with Crippen LogP contribution in [-0.2, 0) is 0 Å². The first-order valence-corrected chi connectivity index (χ1v) is 5.34. The lowest BCUT2D eigenvalue weighted by molar-refractivity contribution is 0.270. The van der Waals surface area contributed by atoms with Gasteiger partial charge in [-0.15, -0.1) is 0 Å². The summed E-state index contributed by atoms with van der Waals surface area (Å²) in [5.74, 6) is 0.792. The number of likely N-dealkylation sites (N-methyl/N-ethyl adjacent to an activating group) is 1. The molecule has 5 heteroatoms. The van der Waals surface area contributed by atoms with Crippen LogP contribution in [0.1, 0.15) is 6.92 Å². The summed E-state index contributed by atoms with van der Waals surface area (Å²) in [5, 5.41) is 0. The SMILES string of the molecule is CCN1CCN(c2ncc(N)cn2)CC1. The van der Waals surface area contributed by atoms with Crippen LogP contribution < -0.4 is 10.6 Å². The molecule has 0 aromatic carbocycles. The molecule has 0 unspecified atom stereocenters. The Morgan fingerprint density at radius 2 is 1.80 bits per heavy atom. The average molecular weight is 207 g/mol. The second-order valence-corrected chi connectivity index (χ2v) is 3.74. The molecule has 0 radical (unpaired) electrons. The molecule has 1 saturated heterocycles. The highest BCUT2D eigenvalue weighted by atomic mass is 15.3. The van der Waals surface area contributed by atoms with Gasteiger partial charge in [0.15, 0.2) is 0 Å². The highest BCUT2D eigenvalue weighted by molar-refractivity contribution is 5.38. The van der Waals surface area contributed by atoms with E-state index in [9.17, 15) is 0 Å². The summed E-state index contributed by atoms with van der Waals surface area (Å²) in [6.07, 6.45) is 3.32. The number of hydrogen-bond acceptors (Lipinski definition) is 5. The molecule has 1 aliphatic heterocycles. The monoisotopic (exact) mass is 207 g/mol. The number of rotatable bonds is 2. The fourth-order valence-electron chi connectivity index (χ4n) is 1.76. The van der Waals surface area contributed by atoms with Crippen molar-refractivity contribution in [3.63, 3.8) is 0 Å². The van der Waals surface area contributed by atoms with Crippen molar-refractivity contribution in [2.24, 2.45) is 0 Å². The lowest BCUT2D eigenvalue weighted by Gasteiger charge is -2.33. The molecule has 0 spiro atoms. The summed E-state index contributed by atoms with van der Waals surface area (Å²) in [4.78, 5) is 13.1. The number of piperazine rings is 1. The van der Waals surface area contributed by atoms with Gasteiger partial charge in [-0.2, -0.15) is 0 Å². The van der Waals surface area contributed by atoms with E-state index < -0.39 is 0 Å². The third kappa shape index (κ3) is 2.36. The van der Waals surface area contributed by atoms with Crippen LogP contribution in [0.15, 0.2) is 12.4 Å². The molecule has 1 fully saturated rings. The topological polar surface area (TPSA) is 58.3 Å². The quantitative estimate of drug-likeness (QED) is 0.750. The zero-order chi connectivity index (χ0) is 10.7. The number of nitrogens with zero attached hydrogens (tertiary/aromatic N) is 4. The van der Waals surface area contributed by atoms with Crippen molar-refractivity contribution in [1.82, 2.24) is 14.9 Å². The molecular formula is C10H17N5. The summed E-state index contributed by atoms with van der Waals surface area (Å²) >= 11 is 0. The summed E-state index contributed by atoms with van der Waals surface area (Å²) in [6, 6.07) is 0. The maximum atomic E-state index is 5.55. The van der Waals surface area contributed by atoms with Gasteiger partial charge in [-0.1, -0.05) is 6.92 Å². The largest absolute Gasteiger partial charge is 0.396 e. The number of nitrogens with two attached hydrogens (primary N) is 1. The van der Waals surface area contributed by atoms with Crippen LogP contribution in [0.5, 0.6) is 0 Å². The molecule has 1 aliphatic rings. The van der Waals surface area contributed by atoms with Crippen molar-refractivity contribution in [3.05, 3.63) is 12.4 Å². The fourth-order valence-corrected chi connectivity index (χ4v) is 1.76. The smallest absolute Gasteiger partial charge is 0.225 e. The number of aromatic nitrogens is 2. The van der Waals surface area contributed by atoms with Gasteiger partial charge >= 0.3 is 0 Å². The molecule has 2 N–H and O–H groups in total. The van der Waals surface area contributed by atoms with Gasteiger partial charge in [-0.3, -0.25) is 0 Å². The van der Waals surface area contributed by atoms with Gasteiger partial charge in [0.25, 0.3) is 0 Å². The molecule has 0 bridgehead atoms. The van der Waals surface area contributed by atoms with Crippen LogP contribution in [0, 0.1) is 0 Å². The summed E-state index contributed by atoms with van der Waals surface area (Å²) in [6.45, 7) is 7.48.